The normalized spacial score (nSPS) is 17.0. The molecule has 4 heterocycles. The van der Waals surface area contributed by atoms with Crippen molar-refractivity contribution in [3.8, 4) is 5.88 Å². The molecular formula is C33H33FN4O5. The standard InChI is InChI=1S/C33H33FN4O5/c1-2-30(39)22-6-7-24(26(34)16-22)20-43-32-5-3-4-27(36-32)21-10-13-37(14-11-21)19-31-35-28-9-8-23(33(40)41)17-29(28)38(31)18-25-12-15-42-25/h3-10,16-17,25H,2,11-15,18-20H2,1H3,(H,40,41). The lowest BCUT2D eigenvalue weighted by atomic mass is 10.0. The molecule has 1 unspecified atom stereocenters. The molecule has 9 nitrogen and oxygen atoms in total. The number of nitrogens with zero attached hydrogens (tertiary/aromatic N) is 4. The van der Waals surface area contributed by atoms with E-state index in [1.54, 1.807) is 43.3 Å². The molecule has 1 atom stereocenters. The molecule has 1 saturated heterocycles. The third-order valence-electron chi connectivity index (χ3n) is 8.04. The maximum Gasteiger partial charge on any atom is 0.335 e. The van der Waals surface area contributed by atoms with Crippen molar-refractivity contribution in [3.63, 3.8) is 0 Å². The average molecular weight is 585 g/mol. The van der Waals surface area contributed by atoms with Gasteiger partial charge in [0.25, 0.3) is 0 Å². The molecule has 0 amide bonds. The van der Waals surface area contributed by atoms with Crippen LogP contribution in [0.25, 0.3) is 16.6 Å². The van der Waals surface area contributed by atoms with Crippen LogP contribution >= 0.6 is 0 Å². The highest BCUT2D eigenvalue weighted by molar-refractivity contribution is 5.96. The lowest BCUT2D eigenvalue weighted by molar-refractivity contribution is -0.0591. The molecule has 1 fully saturated rings. The summed E-state index contributed by atoms with van der Waals surface area (Å²) in [7, 11) is 0. The van der Waals surface area contributed by atoms with E-state index in [0.717, 1.165) is 54.1 Å². The van der Waals surface area contributed by atoms with Gasteiger partial charge in [-0.1, -0.05) is 31.2 Å². The number of hydrogen-bond acceptors (Lipinski definition) is 7. The van der Waals surface area contributed by atoms with E-state index in [-0.39, 0.29) is 24.1 Å². The molecule has 0 spiro atoms. The van der Waals surface area contributed by atoms with Gasteiger partial charge in [-0.2, -0.15) is 0 Å². The Morgan fingerprint density at radius 3 is 2.65 bits per heavy atom. The highest BCUT2D eigenvalue weighted by Crippen LogP contribution is 2.27. The molecule has 2 aliphatic heterocycles. The number of aromatic carboxylic acids is 1. The van der Waals surface area contributed by atoms with E-state index in [1.807, 2.05) is 12.1 Å². The summed E-state index contributed by atoms with van der Waals surface area (Å²) in [6, 6.07) is 15.1. The first-order valence-corrected chi connectivity index (χ1v) is 14.5. The molecular weight excluding hydrogens is 551 g/mol. The SMILES string of the molecule is CCC(=O)c1ccc(COc2cccc(C3=CCN(Cc4nc5ccc(C(=O)O)cc5n4CC4CCO4)CC3)n2)c(F)c1. The van der Waals surface area contributed by atoms with E-state index < -0.39 is 11.8 Å². The number of ether oxygens (including phenoxy) is 2. The predicted octanol–water partition coefficient (Wildman–Crippen LogP) is 5.52. The van der Waals surface area contributed by atoms with Gasteiger partial charge < -0.3 is 19.1 Å². The molecule has 10 heteroatoms. The zero-order chi connectivity index (χ0) is 29.9. The number of ketones is 1. The van der Waals surface area contributed by atoms with Gasteiger partial charge in [0.2, 0.25) is 5.88 Å². The van der Waals surface area contributed by atoms with E-state index in [4.69, 9.17) is 14.5 Å². The van der Waals surface area contributed by atoms with E-state index >= 15 is 0 Å². The van der Waals surface area contributed by atoms with Gasteiger partial charge in [-0.05, 0) is 48.7 Å². The minimum atomic E-state index is -0.959. The maximum absolute atomic E-state index is 14.5. The number of carbonyl (C=O) groups excluding carboxylic acids is 1. The summed E-state index contributed by atoms with van der Waals surface area (Å²) in [5, 5.41) is 9.50. The Hall–Kier alpha value is -4.41. The molecule has 0 radical (unpaired) electrons. The number of hydrogen-bond donors (Lipinski definition) is 1. The average Bonchev–Trinajstić information content (AvgIpc) is 3.34. The Morgan fingerprint density at radius 1 is 1.12 bits per heavy atom. The summed E-state index contributed by atoms with van der Waals surface area (Å²) in [6.45, 7) is 5.28. The number of carboxylic acid groups (broad SMARTS) is 1. The van der Waals surface area contributed by atoms with Gasteiger partial charge in [0.1, 0.15) is 18.2 Å². The fourth-order valence-electron chi connectivity index (χ4n) is 5.42. The van der Waals surface area contributed by atoms with Gasteiger partial charge in [-0.25, -0.2) is 19.2 Å². The fraction of sp³-hybridized carbons (Fsp3) is 0.333. The van der Waals surface area contributed by atoms with Crippen LogP contribution in [0.3, 0.4) is 0 Å². The number of pyridine rings is 1. The number of rotatable bonds is 11. The first-order valence-electron chi connectivity index (χ1n) is 14.5. The number of fused-ring (bicyclic) bond motifs is 1. The van der Waals surface area contributed by atoms with Crippen molar-refractivity contribution >= 4 is 28.4 Å². The summed E-state index contributed by atoms with van der Waals surface area (Å²) >= 11 is 0. The summed E-state index contributed by atoms with van der Waals surface area (Å²) in [6.07, 6.45) is 4.35. The van der Waals surface area contributed by atoms with Gasteiger partial charge in [-0.3, -0.25) is 9.69 Å². The third kappa shape index (κ3) is 6.35. The minimum absolute atomic E-state index is 0.0105. The Morgan fingerprint density at radius 2 is 1.95 bits per heavy atom. The molecule has 4 aromatic rings. The monoisotopic (exact) mass is 584 g/mol. The van der Waals surface area contributed by atoms with Gasteiger partial charge in [0.05, 0.1) is 41.5 Å². The molecule has 222 valence electrons. The summed E-state index contributed by atoms with van der Waals surface area (Å²) in [4.78, 5) is 35.3. The van der Waals surface area contributed by atoms with Crippen LogP contribution in [-0.4, -0.2) is 62.1 Å². The Labute approximate surface area is 248 Å². The molecule has 0 bridgehead atoms. The first-order chi connectivity index (χ1) is 20.9. The molecule has 2 aliphatic rings. The highest BCUT2D eigenvalue weighted by atomic mass is 19.1. The fourth-order valence-corrected chi connectivity index (χ4v) is 5.42. The number of Topliss-reactive ketones (excluding diaryl/α,β-unsaturated/α-hetero) is 1. The smallest absolute Gasteiger partial charge is 0.335 e. The van der Waals surface area contributed by atoms with Crippen LogP contribution < -0.4 is 4.74 Å². The zero-order valence-electron chi connectivity index (χ0n) is 24.0. The van der Waals surface area contributed by atoms with Crippen molar-refractivity contribution in [1.82, 2.24) is 19.4 Å². The molecule has 6 rings (SSSR count). The largest absolute Gasteiger partial charge is 0.478 e. The van der Waals surface area contributed by atoms with Crippen molar-refractivity contribution < 1.29 is 28.6 Å². The zero-order valence-corrected chi connectivity index (χ0v) is 24.0. The summed E-state index contributed by atoms with van der Waals surface area (Å²) < 4.78 is 28.1. The van der Waals surface area contributed by atoms with Crippen molar-refractivity contribution in [1.29, 1.82) is 0 Å². The third-order valence-corrected chi connectivity index (χ3v) is 8.04. The van der Waals surface area contributed by atoms with Crippen LogP contribution in [-0.2, 0) is 24.4 Å². The topological polar surface area (TPSA) is 107 Å². The van der Waals surface area contributed by atoms with Gasteiger partial charge in [-0.15, -0.1) is 0 Å². The number of halogens is 1. The second-order valence-electron chi connectivity index (χ2n) is 10.9. The quantitative estimate of drug-likeness (QED) is 0.230. The van der Waals surface area contributed by atoms with E-state index in [1.165, 1.54) is 6.07 Å². The van der Waals surface area contributed by atoms with E-state index in [9.17, 15) is 19.1 Å². The lowest BCUT2D eigenvalue weighted by Gasteiger charge is -2.29. The van der Waals surface area contributed by atoms with Crippen LogP contribution in [0.5, 0.6) is 5.88 Å². The Bertz CT molecular complexity index is 1710. The van der Waals surface area contributed by atoms with Crippen molar-refractivity contribution in [3.05, 3.63) is 94.7 Å². The summed E-state index contributed by atoms with van der Waals surface area (Å²) in [5.74, 6) is -0.240. The van der Waals surface area contributed by atoms with Crippen LogP contribution in [0.2, 0.25) is 0 Å². The van der Waals surface area contributed by atoms with Gasteiger partial charge in [0.15, 0.2) is 5.78 Å². The van der Waals surface area contributed by atoms with Crippen molar-refractivity contribution in [2.45, 2.75) is 52.0 Å². The second kappa shape index (κ2) is 12.4. The van der Waals surface area contributed by atoms with Crippen LogP contribution in [0.4, 0.5) is 4.39 Å². The number of carboxylic acids is 1. The van der Waals surface area contributed by atoms with Crippen LogP contribution in [0.15, 0.2) is 60.7 Å². The molecule has 0 aliphatic carbocycles. The van der Waals surface area contributed by atoms with Crippen LogP contribution in [0.1, 0.15) is 64.0 Å². The van der Waals surface area contributed by atoms with Crippen LogP contribution in [0, 0.1) is 5.82 Å². The Kier molecular flexibility index (Phi) is 8.31. The van der Waals surface area contributed by atoms with Crippen molar-refractivity contribution in [2.24, 2.45) is 0 Å². The molecule has 0 saturated carbocycles. The number of aromatic nitrogens is 3. The number of imidazole rings is 1. The van der Waals surface area contributed by atoms with Gasteiger partial charge in [0, 0.05) is 43.3 Å². The molecule has 2 aromatic carbocycles. The van der Waals surface area contributed by atoms with Gasteiger partial charge >= 0.3 is 5.97 Å². The van der Waals surface area contributed by atoms with E-state index in [0.29, 0.717) is 43.1 Å². The maximum atomic E-state index is 14.5. The lowest BCUT2D eigenvalue weighted by Crippen LogP contribution is -2.33. The molecule has 2 aromatic heterocycles. The Balaban J connectivity index is 1.12. The number of benzene rings is 2. The number of carbonyl (C=O) groups is 2. The first kappa shape index (κ1) is 28.7. The van der Waals surface area contributed by atoms with E-state index in [2.05, 4.69) is 20.5 Å². The summed E-state index contributed by atoms with van der Waals surface area (Å²) in [5.41, 5.74) is 4.48. The van der Waals surface area contributed by atoms with Crippen molar-refractivity contribution in [2.75, 3.05) is 19.7 Å². The molecule has 1 N–H and O–H groups in total. The highest BCUT2D eigenvalue weighted by Gasteiger charge is 2.24. The minimum Gasteiger partial charge on any atom is -0.478 e. The second-order valence-corrected chi connectivity index (χ2v) is 10.9. The molecule has 43 heavy (non-hydrogen) atoms. The predicted molar refractivity (Wildman–Crippen MR) is 159 cm³/mol.